The molecule has 18 atom stereocenters. The van der Waals surface area contributed by atoms with E-state index in [1.165, 1.54) is 13.0 Å². The van der Waals surface area contributed by atoms with Gasteiger partial charge in [0.05, 0.1) is 79.6 Å². The molecular weight excluding hydrogens is 851 g/mol. The van der Waals surface area contributed by atoms with Crippen LogP contribution in [0.25, 0.3) is 0 Å². The number of nitrogens with two attached hydrogens (primary N) is 1. The normalized spacial score (nSPS) is 42.5. The SMILES string of the molecule is C[C@H]1[C@@H](O)[C@H](C)/C=C\C=C\CC/C=C/C=C/C=C/C=C/[C@H](O[C@@H]2O[C@H](C)[C@H](O)[C@H](N)[C@@H]2O)C[C@H](O)[C@H](C(=O)O)[C@H](O)CC(=O)C[C@H](O)[C@H](O)CC[C@H](O)C[C@H](O)C[C@H](O)CC(=O)O[C@@H]1C. The van der Waals surface area contributed by atoms with E-state index >= 15 is 0 Å². The lowest BCUT2D eigenvalue weighted by Crippen LogP contribution is -2.61. The molecule has 2 rings (SSSR count). The number of cyclic esters (lactones) is 1. The summed E-state index contributed by atoms with van der Waals surface area (Å²) in [5.74, 6) is -5.88. The van der Waals surface area contributed by atoms with E-state index in [4.69, 9.17) is 19.9 Å². The van der Waals surface area contributed by atoms with Gasteiger partial charge in [0, 0.05) is 31.1 Å². The zero-order chi connectivity index (χ0) is 48.8. The summed E-state index contributed by atoms with van der Waals surface area (Å²) in [5, 5.41) is 116. The third-order valence-corrected chi connectivity index (χ3v) is 11.7. The van der Waals surface area contributed by atoms with Crippen LogP contribution in [0.2, 0.25) is 0 Å². The Morgan fingerprint density at radius 1 is 0.615 bits per heavy atom. The maximum absolute atomic E-state index is 12.9. The van der Waals surface area contributed by atoms with Gasteiger partial charge in [0.2, 0.25) is 0 Å². The first-order chi connectivity index (χ1) is 30.6. The quantitative estimate of drug-likeness (QED) is 0.174. The van der Waals surface area contributed by atoms with Crippen LogP contribution in [0.5, 0.6) is 0 Å². The average Bonchev–Trinajstić information content (AvgIpc) is 3.22. The van der Waals surface area contributed by atoms with E-state index in [1.807, 2.05) is 43.4 Å². The Bertz CT molecular complexity index is 1600. The number of Topliss-reactive ketones (excluding diaryl/α,β-unsaturated/α-hetero) is 1. The number of hydrogen-bond acceptors (Lipinski definition) is 17. The zero-order valence-corrected chi connectivity index (χ0v) is 37.8. The summed E-state index contributed by atoms with van der Waals surface area (Å²) in [6, 6.07) is -1.15. The molecule has 0 aromatic heterocycles. The summed E-state index contributed by atoms with van der Waals surface area (Å²) < 4.78 is 17.0. The van der Waals surface area contributed by atoms with Crippen molar-refractivity contribution in [1.29, 1.82) is 0 Å². The fourth-order valence-corrected chi connectivity index (χ4v) is 7.45. The van der Waals surface area contributed by atoms with Crippen molar-refractivity contribution in [1.82, 2.24) is 0 Å². The molecule has 0 aliphatic carbocycles. The van der Waals surface area contributed by atoms with Gasteiger partial charge in [-0.05, 0) is 52.4 Å². The van der Waals surface area contributed by atoms with Crippen molar-refractivity contribution in [2.24, 2.45) is 23.5 Å². The van der Waals surface area contributed by atoms with Gasteiger partial charge in [-0.15, -0.1) is 0 Å². The molecular formula is C47H75NO17. The van der Waals surface area contributed by atoms with E-state index in [2.05, 4.69) is 0 Å². The second-order valence-corrected chi connectivity index (χ2v) is 17.4. The van der Waals surface area contributed by atoms with Crippen LogP contribution in [-0.2, 0) is 28.6 Å². The first-order valence-corrected chi connectivity index (χ1v) is 22.4. The van der Waals surface area contributed by atoms with Crippen molar-refractivity contribution >= 4 is 17.7 Å². The third-order valence-electron chi connectivity index (χ3n) is 11.7. The van der Waals surface area contributed by atoms with Gasteiger partial charge in [0.1, 0.15) is 23.9 Å². The highest BCUT2D eigenvalue weighted by molar-refractivity contribution is 5.81. The summed E-state index contributed by atoms with van der Waals surface area (Å²) in [6.45, 7) is 6.73. The molecule has 65 heavy (non-hydrogen) atoms. The maximum atomic E-state index is 12.9. The van der Waals surface area contributed by atoms with E-state index in [0.717, 1.165) is 12.8 Å². The van der Waals surface area contributed by atoms with Gasteiger partial charge >= 0.3 is 11.9 Å². The highest BCUT2D eigenvalue weighted by Gasteiger charge is 2.43. The van der Waals surface area contributed by atoms with Crippen molar-refractivity contribution in [2.75, 3.05) is 0 Å². The molecule has 370 valence electrons. The predicted molar refractivity (Wildman–Crippen MR) is 238 cm³/mol. The van der Waals surface area contributed by atoms with Crippen molar-refractivity contribution < 1.29 is 84.8 Å². The summed E-state index contributed by atoms with van der Waals surface area (Å²) in [5.41, 5.74) is 5.96. The maximum Gasteiger partial charge on any atom is 0.311 e. The number of carboxylic acids is 1. The largest absolute Gasteiger partial charge is 0.481 e. The number of carbonyl (C=O) groups is 3. The van der Waals surface area contributed by atoms with Crippen LogP contribution >= 0.6 is 0 Å². The molecule has 0 aromatic rings. The Morgan fingerprint density at radius 3 is 1.83 bits per heavy atom. The van der Waals surface area contributed by atoms with Crippen LogP contribution in [-0.4, -0.2) is 166 Å². The predicted octanol–water partition coefficient (Wildman–Crippen LogP) is 0.778. The number of carbonyl (C=O) groups excluding carboxylic acids is 2. The molecule has 0 spiro atoms. The minimum Gasteiger partial charge on any atom is -0.481 e. The Morgan fingerprint density at radius 2 is 1.18 bits per heavy atom. The number of aliphatic hydroxyl groups is 10. The zero-order valence-electron chi connectivity index (χ0n) is 37.8. The van der Waals surface area contributed by atoms with E-state index in [-0.39, 0.29) is 31.6 Å². The molecule has 2 aliphatic heterocycles. The standard InChI is InChI=1S/C47H75NO17/c1-27-17-15-13-11-9-7-5-6-8-10-12-14-16-18-35(65-47-45(60)42(48)44(59)30(4)64-47)26-39(56)41(46(61)62)38(55)24-34(52)23-37(54)36(53)20-19-31(49)21-32(50)22-33(51)25-40(57)63-29(3)28(2)43(27)58/h5-6,8,10-18,27-33,35-39,41-45,47,49-51,53-56,58-60H,7,9,19-26,48H2,1-4H3,(H,61,62)/b6-5+,10-8+,13-11+,14-12+,17-15-,18-16+/t27-,28-,29-,30-,31+,32+,33+,35+,36-,37+,38-,39+,41-,42+,43+,44+,45+,47+/m1/s1. The molecule has 13 N–H and O–H groups in total. The lowest BCUT2D eigenvalue weighted by Gasteiger charge is -2.41. The monoisotopic (exact) mass is 926 g/mol. The van der Waals surface area contributed by atoms with Crippen LogP contribution in [0.1, 0.15) is 91.9 Å². The molecule has 18 nitrogen and oxygen atoms in total. The lowest BCUT2D eigenvalue weighted by atomic mass is 9.88. The number of hydrogen-bond donors (Lipinski definition) is 12. The van der Waals surface area contributed by atoms with Gasteiger partial charge in [-0.25, -0.2) is 0 Å². The fraction of sp³-hybridized carbons (Fsp3) is 0.681. The number of ketones is 1. The van der Waals surface area contributed by atoms with Crippen LogP contribution in [0, 0.1) is 17.8 Å². The minimum atomic E-state index is -1.95. The number of carboxylic acid groups (broad SMARTS) is 1. The van der Waals surface area contributed by atoms with Crippen molar-refractivity contribution in [3.8, 4) is 0 Å². The number of aliphatic hydroxyl groups excluding tert-OH is 10. The molecule has 1 saturated heterocycles. The van der Waals surface area contributed by atoms with E-state index < -0.39 is 147 Å². The Labute approximate surface area is 381 Å². The third kappa shape index (κ3) is 21.4. The number of aliphatic carboxylic acids is 1. The Hall–Kier alpha value is -3.47. The molecule has 0 unspecified atom stereocenters. The average molecular weight is 926 g/mol. The Balaban J connectivity index is 2.26. The smallest absolute Gasteiger partial charge is 0.311 e. The summed E-state index contributed by atoms with van der Waals surface area (Å²) in [7, 11) is 0. The molecule has 0 amide bonds. The second kappa shape index (κ2) is 30.0. The molecule has 2 aliphatic rings. The Kier molecular flexibility index (Phi) is 26.6. The highest BCUT2D eigenvalue weighted by Crippen LogP contribution is 2.26. The van der Waals surface area contributed by atoms with Crippen molar-refractivity contribution in [3.63, 3.8) is 0 Å². The van der Waals surface area contributed by atoms with Crippen LogP contribution in [0.3, 0.4) is 0 Å². The number of esters is 1. The molecule has 0 bridgehead atoms. The first kappa shape index (κ1) is 57.7. The number of ether oxygens (including phenoxy) is 3. The van der Waals surface area contributed by atoms with Crippen molar-refractivity contribution in [3.05, 3.63) is 72.9 Å². The van der Waals surface area contributed by atoms with Gasteiger partial charge < -0.3 is 76.1 Å². The fourth-order valence-electron chi connectivity index (χ4n) is 7.45. The molecule has 18 heteroatoms. The molecule has 0 saturated carbocycles. The lowest BCUT2D eigenvalue weighted by molar-refractivity contribution is -0.277. The van der Waals surface area contributed by atoms with Gasteiger partial charge in [-0.2, -0.15) is 0 Å². The van der Waals surface area contributed by atoms with E-state index in [9.17, 15) is 70.6 Å². The first-order valence-electron chi connectivity index (χ1n) is 22.4. The van der Waals surface area contributed by atoms with Crippen LogP contribution in [0.15, 0.2) is 72.9 Å². The summed E-state index contributed by atoms with van der Waals surface area (Å²) >= 11 is 0. The molecule has 1 fully saturated rings. The number of allylic oxidation sites excluding steroid dienone is 10. The molecule has 0 radical (unpaired) electrons. The topological polar surface area (TPSA) is 327 Å². The van der Waals surface area contributed by atoms with Crippen molar-refractivity contribution in [2.45, 2.75) is 184 Å². The van der Waals surface area contributed by atoms with Crippen LogP contribution in [0.4, 0.5) is 0 Å². The second-order valence-electron chi connectivity index (χ2n) is 17.4. The summed E-state index contributed by atoms with van der Waals surface area (Å²) in [6.07, 6.45) is 0.848. The van der Waals surface area contributed by atoms with Gasteiger partial charge in [0.25, 0.3) is 0 Å². The van der Waals surface area contributed by atoms with E-state index in [1.54, 1.807) is 44.2 Å². The summed E-state index contributed by atoms with van der Waals surface area (Å²) in [4.78, 5) is 37.8. The number of rotatable bonds is 3. The molecule has 0 aromatic carbocycles. The van der Waals surface area contributed by atoms with Gasteiger partial charge in [-0.3, -0.25) is 14.4 Å². The van der Waals surface area contributed by atoms with Gasteiger partial charge in [0.15, 0.2) is 6.29 Å². The minimum absolute atomic E-state index is 0.144. The van der Waals surface area contributed by atoms with Gasteiger partial charge in [-0.1, -0.05) is 86.8 Å². The molecule has 2 heterocycles. The van der Waals surface area contributed by atoms with Crippen LogP contribution < -0.4 is 5.73 Å². The highest BCUT2D eigenvalue weighted by atomic mass is 16.7. The van der Waals surface area contributed by atoms with E-state index in [0.29, 0.717) is 0 Å².